The van der Waals surface area contributed by atoms with Crippen molar-refractivity contribution in [2.24, 2.45) is 11.7 Å². The molecule has 1 saturated heterocycles. The summed E-state index contributed by atoms with van der Waals surface area (Å²) in [5.74, 6) is 1.06. The van der Waals surface area contributed by atoms with E-state index in [1.54, 1.807) is 27.4 Å². The van der Waals surface area contributed by atoms with Gasteiger partial charge in [0.1, 0.15) is 17.6 Å². The van der Waals surface area contributed by atoms with Gasteiger partial charge in [0, 0.05) is 25.0 Å². The SMILES string of the molecule is COCC1NNC2OC(N)=C(C#N)C(c3cc(OC)cc(OC)c3)C12. The number of ether oxygens (including phenoxy) is 4. The number of benzene rings is 1. The van der Waals surface area contributed by atoms with Crippen molar-refractivity contribution in [3.8, 4) is 17.6 Å². The molecule has 2 heterocycles. The highest BCUT2D eigenvalue weighted by molar-refractivity contribution is 5.47. The Labute approximate surface area is 146 Å². The lowest BCUT2D eigenvalue weighted by Gasteiger charge is -2.35. The van der Waals surface area contributed by atoms with Gasteiger partial charge in [0.25, 0.3) is 0 Å². The quantitative estimate of drug-likeness (QED) is 0.710. The summed E-state index contributed by atoms with van der Waals surface area (Å²) < 4.78 is 21.7. The van der Waals surface area contributed by atoms with E-state index in [9.17, 15) is 5.26 Å². The van der Waals surface area contributed by atoms with Crippen LogP contribution in [0.15, 0.2) is 29.7 Å². The zero-order valence-corrected chi connectivity index (χ0v) is 14.4. The summed E-state index contributed by atoms with van der Waals surface area (Å²) in [5, 5.41) is 9.68. The van der Waals surface area contributed by atoms with E-state index in [2.05, 4.69) is 16.9 Å². The van der Waals surface area contributed by atoms with E-state index in [0.29, 0.717) is 23.7 Å². The van der Waals surface area contributed by atoms with Crippen LogP contribution in [0.1, 0.15) is 11.5 Å². The van der Waals surface area contributed by atoms with Crippen LogP contribution in [0.5, 0.6) is 11.5 Å². The van der Waals surface area contributed by atoms with Gasteiger partial charge in [-0.05, 0) is 17.7 Å². The van der Waals surface area contributed by atoms with Crippen LogP contribution >= 0.6 is 0 Å². The first-order valence-corrected chi connectivity index (χ1v) is 7.92. The standard InChI is InChI=1S/C17H22N4O4/c1-22-8-13-15-14(9-4-10(23-2)6-11(5-9)24-3)12(7-18)16(19)25-17(15)21-20-13/h4-6,13-15,17,20-21H,8,19H2,1-3H3. The normalized spacial score (nSPS) is 28.1. The molecule has 0 amide bonds. The molecular formula is C17H22N4O4. The number of nitriles is 1. The lowest BCUT2D eigenvalue weighted by Crippen LogP contribution is -2.42. The van der Waals surface area contributed by atoms with E-state index < -0.39 is 0 Å². The van der Waals surface area contributed by atoms with Gasteiger partial charge in [-0.1, -0.05) is 0 Å². The minimum absolute atomic E-state index is 0.0476. The molecule has 0 aromatic heterocycles. The van der Waals surface area contributed by atoms with Crippen LogP contribution in [-0.2, 0) is 9.47 Å². The lowest BCUT2D eigenvalue weighted by atomic mass is 9.75. The van der Waals surface area contributed by atoms with E-state index >= 15 is 0 Å². The summed E-state index contributed by atoms with van der Waals surface area (Å²) in [6.07, 6.45) is -0.362. The van der Waals surface area contributed by atoms with Gasteiger partial charge in [0.2, 0.25) is 5.88 Å². The summed E-state index contributed by atoms with van der Waals surface area (Å²) >= 11 is 0. The molecule has 1 fully saturated rings. The smallest absolute Gasteiger partial charge is 0.200 e. The van der Waals surface area contributed by atoms with Crippen LogP contribution in [0.3, 0.4) is 0 Å². The fourth-order valence-electron chi connectivity index (χ4n) is 3.51. The second kappa shape index (κ2) is 7.19. The third kappa shape index (κ3) is 3.09. The third-order valence-corrected chi connectivity index (χ3v) is 4.64. The van der Waals surface area contributed by atoms with E-state index in [1.165, 1.54) is 0 Å². The molecule has 134 valence electrons. The second-order valence-corrected chi connectivity index (χ2v) is 5.98. The molecule has 8 nitrogen and oxygen atoms in total. The van der Waals surface area contributed by atoms with Crippen molar-refractivity contribution < 1.29 is 18.9 Å². The largest absolute Gasteiger partial charge is 0.497 e. The Kier molecular flexibility index (Phi) is 4.99. The van der Waals surface area contributed by atoms with Crippen LogP contribution in [0.2, 0.25) is 0 Å². The number of methoxy groups -OCH3 is 3. The molecule has 0 saturated carbocycles. The molecule has 4 unspecified atom stereocenters. The molecule has 1 aromatic rings. The molecule has 2 aliphatic heterocycles. The van der Waals surface area contributed by atoms with Crippen molar-refractivity contribution in [2.45, 2.75) is 18.2 Å². The molecule has 3 rings (SSSR count). The number of nitrogens with two attached hydrogens (primary N) is 1. The molecule has 0 aliphatic carbocycles. The monoisotopic (exact) mass is 346 g/mol. The van der Waals surface area contributed by atoms with Gasteiger partial charge in [-0.2, -0.15) is 5.26 Å². The number of nitrogens with one attached hydrogen (secondary N) is 2. The lowest BCUT2D eigenvalue weighted by molar-refractivity contribution is 0.0278. The first-order valence-electron chi connectivity index (χ1n) is 7.92. The molecule has 0 bridgehead atoms. The number of allylic oxidation sites excluding steroid dienone is 1. The number of rotatable bonds is 5. The molecule has 8 heteroatoms. The van der Waals surface area contributed by atoms with Crippen molar-refractivity contribution >= 4 is 0 Å². The fraction of sp³-hybridized carbons (Fsp3) is 0.471. The average Bonchev–Trinajstić information content (AvgIpc) is 3.02. The molecule has 25 heavy (non-hydrogen) atoms. The summed E-state index contributed by atoms with van der Waals surface area (Å²) in [6.45, 7) is 0.466. The highest BCUT2D eigenvalue weighted by atomic mass is 16.5. The topological polar surface area (TPSA) is 111 Å². The maximum atomic E-state index is 9.68. The number of fused-ring (bicyclic) bond motifs is 1. The number of hydrazine groups is 1. The van der Waals surface area contributed by atoms with Crippen LogP contribution in [-0.4, -0.2) is 40.2 Å². The molecular weight excluding hydrogens is 324 g/mol. The minimum atomic E-state index is -0.362. The van der Waals surface area contributed by atoms with E-state index in [-0.39, 0.29) is 30.0 Å². The van der Waals surface area contributed by atoms with Gasteiger partial charge >= 0.3 is 0 Å². The maximum absolute atomic E-state index is 9.68. The second-order valence-electron chi connectivity index (χ2n) is 5.98. The van der Waals surface area contributed by atoms with Crippen LogP contribution < -0.4 is 26.1 Å². The summed E-state index contributed by atoms with van der Waals surface area (Å²) in [6, 6.07) is 7.73. The van der Waals surface area contributed by atoms with Gasteiger partial charge in [0.15, 0.2) is 6.23 Å². The average molecular weight is 346 g/mol. The van der Waals surface area contributed by atoms with Crippen LogP contribution in [0.25, 0.3) is 0 Å². The van der Waals surface area contributed by atoms with Gasteiger partial charge in [0.05, 0.1) is 32.4 Å². The molecule has 4 atom stereocenters. The summed E-state index contributed by atoms with van der Waals surface area (Å²) in [7, 11) is 4.82. The van der Waals surface area contributed by atoms with Crippen molar-refractivity contribution in [1.29, 1.82) is 5.26 Å². The maximum Gasteiger partial charge on any atom is 0.200 e. The van der Waals surface area contributed by atoms with Crippen LogP contribution in [0.4, 0.5) is 0 Å². The molecule has 0 spiro atoms. The number of hydrogen-bond acceptors (Lipinski definition) is 8. The summed E-state index contributed by atoms with van der Waals surface area (Å²) in [4.78, 5) is 0. The number of hydrogen-bond donors (Lipinski definition) is 3. The highest BCUT2D eigenvalue weighted by Crippen LogP contribution is 2.44. The first kappa shape index (κ1) is 17.4. The Morgan fingerprint density at radius 3 is 2.40 bits per heavy atom. The van der Waals surface area contributed by atoms with Gasteiger partial charge in [-0.25, -0.2) is 10.9 Å². The minimum Gasteiger partial charge on any atom is -0.497 e. The molecule has 1 aromatic carbocycles. The van der Waals surface area contributed by atoms with E-state index in [0.717, 1.165) is 5.56 Å². The Bertz CT molecular complexity index is 693. The molecule has 4 N–H and O–H groups in total. The van der Waals surface area contributed by atoms with Crippen LogP contribution in [0, 0.1) is 17.2 Å². The van der Waals surface area contributed by atoms with Gasteiger partial charge < -0.3 is 24.7 Å². The van der Waals surface area contributed by atoms with E-state index in [4.69, 9.17) is 24.7 Å². The van der Waals surface area contributed by atoms with Crippen molar-refractivity contribution in [3.05, 3.63) is 35.2 Å². The first-order chi connectivity index (χ1) is 12.1. The van der Waals surface area contributed by atoms with Crippen molar-refractivity contribution in [1.82, 2.24) is 10.9 Å². The van der Waals surface area contributed by atoms with Gasteiger partial charge in [-0.3, -0.25) is 0 Å². The predicted octanol–water partition coefficient (Wildman–Crippen LogP) is 0.577. The zero-order valence-electron chi connectivity index (χ0n) is 14.4. The van der Waals surface area contributed by atoms with E-state index in [1.807, 2.05) is 12.1 Å². The number of nitrogens with zero attached hydrogens (tertiary/aromatic N) is 1. The Morgan fingerprint density at radius 1 is 1.16 bits per heavy atom. The highest BCUT2D eigenvalue weighted by Gasteiger charge is 2.48. The Morgan fingerprint density at radius 2 is 1.84 bits per heavy atom. The Balaban J connectivity index is 2.11. The Hall–Kier alpha value is -2.47. The van der Waals surface area contributed by atoms with Gasteiger partial charge in [-0.15, -0.1) is 0 Å². The van der Waals surface area contributed by atoms with Crippen molar-refractivity contribution in [2.75, 3.05) is 27.9 Å². The zero-order chi connectivity index (χ0) is 18.0. The predicted molar refractivity (Wildman–Crippen MR) is 89.4 cm³/mol. The molecule has 0 radical (unpaired) electrons. The fourth-order valence-corrected chi connectivity index (χ4v) is 3.51. The molecule has 2 aliphatic rings. The van der Waals surface area contributed by atoms with Crippen molar-refractivity contribution in [3.63, 3.8) is 0 Å². The third-order valence-electron chi connectivity index (χ3n) is 4.64. The summed E-state index contributed by atoms with van der Waals surface area (Å²) in [5.41, 5.74) is 13.5.